The van der Waals surface area contributed by atoms with E-state index in [0.717, 1.165) is 44.9 Å². The van der Waals surface area contributed by atoms with Gasteiger partial charge in [-0.3, -0.25) is 9.59 Å². The zero-order chi connectivity index (χ0) is 32.0. The summed E-state index contributed by atoms with van der Waals surface area (Å²) in [7, 11) is 0. The topological polar surface area (TPSA) is 168 Å². The fraction of sp³-hybridized carbons (Fsp3) is 0.324. The quantitative estimate of drug-likeness (QED) is 0.304. The molecule has 11 heteroatoms. The average Bonchev–Trinajstić information content (AvgIpc) is 3.63. The minimum Gasteiger partial charge on any atom is -0.657 e. The molecule has 0 aliphatic carbocycles. The van der Waals surface area contributed by atoms with Gasteiger partial charge in [-0.1, -0.05) is 37.6 Å². The van der Waals surface area contributed by atoms with E-state index < -0.39 is 30.2 Å². The first kappa shape index (κ1) is 33.7. The number of nitrogens with zero attached hydrogens (tertiary/aromatic N) is 2. The van der Waals surface area contributed by atoms with E-state index in [1.54, 1.807) is 13.0 Å². The largest absolute Gasteiger partial charge is 2.00 e. The molecule has 2 atom stereocenters. The van der Waals surface area contributed by atoms with Crippen LogP contribution in [0, 0.1) is 13.8 Å². The number of aromatic nitrogens is 4. The van der Waals surface area contributed by atoms with Crippen LogP contribution in [0.4, 0.5) is 0 Å². The van der Waals surface area contributed by atoms with Crippen LogP contribution in [0.25, 0.3) is 39.3 Å². The van der Waals surface area contributed by atoms with Crippen LogP contribution in [0.2, 0.25) is 0 Å². The van der Waals surface area contributed by atoms with Crippen LogP contribution in [0.3, 0.4) is 0 Å². The maximum atomic E-state index is 12.7. The van der Waals surface area contributed by atoms with Crippen molar-refractivity contribution in [3.8, 4) is 0 Å². The first-order valence-corrected chi connectivity index (χ1v) is 14.6. The molecule has 0 fully saturated rings. The van der Waals surface area contributed by atoms with Crippen molar-refractivity contribution in [3.63, 3.8) is 0 Å². The Hall–Kier alpha value is -4.22. The molecular weight excluding hydrogens is 585 g/mol. The normalized spacial score (nSPS) is 15.9. The molecule has 5 rings (SSSR count). The number of allylic oxidation sites excluding steroid dienone is 2. The zero-order valence-electron chi connectivity index (χ0n) is 26.2. The minimum absolute atomic E-state index is 0. The predicted molar refractivity (Wildman–Crippen MR) is 171 cm³/mol. The molecule has 5 N–H and O–H groups in total. The van der Waals surface area contributed by atoms with Gasteiger partial charge in [0.1, 0.15) is 0 Å². The van der Waals surface area contributed by atoms with Crippen LogP contribution in [0.15, 0.2) is 24.8 Å². The van der Waals surface area contributed by atoms with Crippen molar-refractivity contribution in [2.75, 3.05) is 0 Å². The predicted octanol–water partition coefficient (Wildman–Crippen LogP) is 4.71. The Morgan fingerprint density at radius 3 is 2.20 bits per heavy atom. The molecule has 3 aromatic heterocycles. The molecule has 5 heterocycles. The number of H-pyrrole nitrogens is 2. The fourth-order valence-electron chi connectivity index (χ4n) is 6.55. The number of aryl methyl sites for hydroxylation is 2. The molecule has 2 unspecified atom stereocenters. The van der Waals surface area contributed by atoms with Crippen molar-refractivity contribution in [2.24, 2.45) is 0 Å². The molecular formula is C34H36MgN4O6+2. The van der Waals surface area contributed by atoms with Gasteiger partial charge in [0.15, 0.2) is 11.4 Å². The van der Waals surface area contributed by atoms with Gasteiger partial charge in [-0.2, -0.15) is 0 Å². The third kappa shape index (κ3) is 6.06. The van der Waals surface area contributed by atoms with Gasteiger partial charge in [-0.05, 0) is 57.4 Å². The van der Waals surface area contributed by atoms with Gasteiger partial charge < -0.3 is 25.3 Å². The van der Waals surface area contributed by atoms with E-state index in [1.165, 1.54) is 0 Å². The van der Waals surface area contributed by atoms with E-state index >= 15 is 0 Å². The Morgan fingerprint density at radius 1 is 0.933 bits per heavy atom. The number of fused-ring (bicyclic) bond motifs is 8. The van der Waals surface area contributed by atoms with Gasteiger partial charge in [0.25, 0.3) is 0 Å². The van der Waals surface area contributed by atoms with Gasteiger partial charge in [0.2, 0.25) is 11.4 Å². The van der Waals surface area contributed by atoms with E-state index in [9.17, 15) is 29.7 Å². The second-order valence-electron chi connectivity index (χ2n) is 11.5. The van der Waals surface area contributed by atoms with E-state index in [1.807, 2.05) is 45.9 Å². The SMILES string of the molecule is C=Cc1c(C)c2cc3[nH+]c(c(CC(=O)O)c4[n-]c(cc5[nH+]c(cc1[n-]2)C(C)=C5CC)c(C)c4C(=O)O)C(CCC(=O)O)C3C.[Mg+2]. The summed E-state index contributed by atoms with van der Waals surface area (Å²) in [5.74, 6) is -4.02. The van der Waals surface area contributed by atoms with Crippen molar-refractivity contribution >= 4 is 80.2 Å². The number of aromatic carboxylic acids is 1. The van der Waals surface area contributed by atoms with Crippen molar-refractivity contribution in [1.29, 1.82) is 0 Å². The second kappa shape index (κ2) is 13.0. The summed E-state index contributed by atoms with van der Waals surface area (Å²) in [5.41, 5.74) is 9.20. The Bertz CT molecular complexity index is 1950. The number of hydrogen-bond acceptors (Lipinski definition) is 3. The summed E-state index contributed by atoms with van der Waals surface area (Å²) in [6, 6.07) is 5.70. The van der Waals surface area contributed by atoms with Gasteiger partial charge in [0, 0.05) is 28.7 Å². The zero-order valence-corrected chi connectivity index (χ0v) is 27.6. The molecule has 3 aromatic rings. The number of carboxylic acids is 3. The number of hydrogen-bond donors (Lipinski definition) is 3. The third-order valence-electron chi connectivity index (χ3n) is 8.96. The first-order chi connectivity index (χ1) is 20.9. The number of aliphatic carboxylic acids is 2. The molecule has 0 amide bonds. The molecule has 10 nitrogen and oxygen atoms in total. The van der Waals surface area contributed by atoms with Crippen LogP contribution >= 0.6 is 0 Å². The van der Waals surface area contributed by atoms with E-state index in [4.69, 9.17) is 9.97 Å². The monoisotopic (exact) mass is 620 g/mol. The van der Waals surface area contributed by atoms with Crippen LogP contribution in [-0.4, -0.2) is 56.3 Å². The summed E-state index contributed by atoms with van der Waals surface area (Å²) >= 11 is 0. The fourth-order valence-corrected chi connectivity index (χ4v) is 6.55. The van der Waals surface area contributed by atoms with Crippen molar-refractivity contribution < 1.29 is 39.7 Å². The second-order valence-corrected chi connectivity index (χ2v) is 11.5. The van der Waals surface area contributed by atoms with E-state index in [0.29, 0.717) is 28.7 Å². The summed E-state index contributed by atoms with van der Waals surface area (Å²) in [4.78, 5) is 53.2. The minimum atomic E-state index is -1.22. The van der Waals surface area contributed by atoms with E-state index in [2.05, 4.69) is 16.5 Å². The summed E-state index contributed by atoms with van der Waals surface area (Å²) < 4.78 is 0. The molecule has 2 aliphatic rings. The smallest absolute Gasteiger partial charge is 0.657 e. The molecule has 0 saturated heterocycles. The molecule has 0 radical (unpaired) electrons. The number of nitrogens with one attached hydrogen (secondary N) is 2. The van der Waals surface area contributed by atoms with Crippen molar-refractivity contribution in [2.45, 2.75) is 72.1 Å². The standard InChI is InChI=1S/C34H36N4O6.Mg/c1-7-19-15(3)23-12-25-17(5)21(9-10-29(39)40)32(37-25)22(11-30(41)42)33-31(34(43)44)18(6)26(38-33)14-28-20(8-2)16(4)24(36-28)13-27(19)35-23;/h7,12-14,17,21H,1,8-11H2,2-6H3,(H5,35,36,37,38,39,40,41,42,43,44);/q;+2. The van der Waals surface area contributed by atoms with Crippen LogP contribution in [0.5, 0.6) is 0 Å². The summed E-state index contributed by atoms with van der Waals surface area (Å²) in [6.45, 7) is 13.7. The molecule has 0 spiro atoms. The van der Waals surface area contributed by atoms with Crippen molar-refractivity contribution in [1.82, 2.24) is 9.97 Å². The van der Waals surface area contributed by atoms with E-state index in [-0.39, 0.29) is 58.5 Å². The number of aromatic amines is 2. The van der Waals surface area contributed by atoms with Crippen LogP contribution < -0.4 is 19.9 Å². The molecule has 2 aliphatic heterocycles. The molecule has 0 saturated carbocycles. The maximum Gasteiger partial charge on any atom is 2.00 e. The number of carboxylic acid groups (broad SMARTS) is 3. The Balaban J connectivity index is 0.00000461. The summed E-state index contributed by atoms with van der Waals surface area (Å²) in [5, 5.41) is 29.9. The number of carbonyl (C=O) groups is 3. The van der Waals surface area contributed by atoms with Crippen LogP contribution in [0.1, 0.15) is 107 Å². The maximum absolute atomic E-state index is 12.7. The van der Waals surface area contributed by atoms with Gasteiger partial charge in [-0.25, -0.2) is 14.8 Å². The Kier molecular flexibility index (Phi) is 9.74. The number of rotatable bonds is 8. The molecule has 45 heavy (non-hydrogen) atoms. The van der Waals surface area contributed by atoms with Crippen molar-refractivity contribution in [3.05, 3.63) is 75.4 Å². The third-order valence-corrected chi connectivity index (χ3v) is 8.96. The van der Waals surface area contributed by atoms with Gasteiger partial charge in [-0.15, -0.1) is 22.1 Å². The first-order valence-electron chi connectivity index (χ1n) is 14.6. The van der Waals surface area contributed by atoms with Gasteiger partial charge >= 0.3 is 41.0 Å². The molecule has 0 aromatic carbocycles. The Morgan fingerprint density at radius 2 is 1.60 bits per heavy atom. The van der Waals surface area contributed by atoms with Crippen LogP contribution in [-0.2, 0) is 16.0 Å². The molecule has 8 bridgehead atoms. The average molecular weight is 621 g/mol. The molecule has 228 valence electrons. The Labute approximate surface area is 276 Å². The van der Waals surface area contributed by atoms with Gasteiger partial charge in [0.05, 0.1) is 18.3 Å². The summed E-state index contributed by atoms with van der Waals surface area (Å²) in [6.07, 6.45) is 2.06.